The maximum Gasteiger partial charge on any atom is 0.308 e. The number of ether oxygens (including phenoxy) is 2. The van der Waals surface area contributed by atoms with Gasteiger partial charge in [0.05, 0.1) is 25.1 Å². The number of amides is 3. The zero-order chi connectivity index (χ0) is 21.4. The van der Waals surface area contributed by atoms with Crippen LogP contribution < -0.4 is 21.1 Å². The normalized spacial score (nSPS) is 11.2. The first kappa shape index (κ1) is 21.9. The van der Waals surface area contributed by atoms with Gasteiger partial charge in [-0.1, -0.05) is 12.1 Å². The van der Waals surface area contributed by atoms with Crippen molar-refractivity contribution >= 4 is 40.0 Å². The summed E-state index contributed by atoms with van der Waals surface area (Å²) in [6.45, 7) is 0.803. The molecule has 0 spiro atoms. The van der Waals surface area contributed by atoms with E-state index in [1.165, 1.54) is 20.1 Å². The molecule has 3 amide bonds. The van der Waals surface area contributed by atoms with E-state index in [0.29, 0.717) is 11.3 Å². The molecule has 1 aromatic carbocycles. The molecule has 2 aromatic rings. The molecule has 0 aliphatic carbocycles. The molecule has 0 fully saturated rings. The van der Waals surface area contributed by atoms with Crippen LogP contribution in [0.3, 0.4) is 0 Å². The van der Waals surface area contributed by atoms with Crippen LogP contribution in [0.4, 0.5) is 5.00 Å². The van der Waals surface area contributed by atoms with Gasteiger partial charge in [0.2, 0.25) is 5.91 Å². The molecule has 2 rings (SSSR count). The summed E-state index contributed by atoms with van der Waals surface area (Å²) < 4.78 is 10.1. The summed E-state index contributed by atoms with van der Waals surface area (Å²) in [7, 11) is 1.53. The molecule has 0 aliphatic heterocycles. The predicted octanol–water partition coefficient (Wildman–Crippen LogP) is 1.60. The average molecular weight is 419 g/mol. The largest absolute Gasteiger partial charge is 0.497 e. The van der Waals surface area contributed by atoms with Gasteiger partial charge < -0.3 is 25.8 Å². The second-order valence-corrected chi connectivity index (χ2v) is 6.88. The van der Waals surface area contributed by atoms with Crippen molar-refractivity contribution in [3.05, 3.63) is 46.8 Å². The SMILES string of the molecule is COc1ccc([C@@H](CC(=O)OCC(=O)Nc2sccc2C(N)=O)NC(C)=O)cc1. The second kappa shape index (κ2) is 10.2. The molecule has 0 bridgehead atoms. The van der Waals surface area contributed by atoms with Crippen molar-refractivity contribution in [2.75, 3.05) is 19.0 Å². The number of rotatable bonds is 9. The van der Waals surface area contributed by atoms with Crippen molar-refractivity contribution < 1.29 is 28.7 Å². The van der Waals surface area contributed by atoms with Gasteiger partial charge in [0, 0.05) is 6.92 Å². The van der Waals surface area contributed by atoms with Gasteiger partial charge in [-0.25, -0.2) is 0 Å². The van der Waals surface area contributed by atoms with Crippen LogP contribution in [0.5, 0.6) is 5.75 Å². The molecule has 29 heavy (non-hydrogen) atoms. The highest BCUT2D eigenvalue weighted by molar-refractivity contribution is 7.14. The van der Waals surface area contributed by atoms with E-state index < -0.39 is 30.4 Å². The topological polar surface area (TPSA) is 137 Å². The van der Waals surface area contributed by atoms with E-state index in [4.69, 9.17) is 15.2 Å². The molecule has 0 radical (unpaired) electrons. The summed E-state index contributed by atoms with van der Waals surface area (Å²) >= 11 is 1.13. The van der Waals surface area contributed by atoms with E-state index in [1.807, 2.05) is 0 Å². The van der Waals surface area contributed by atoms with Gasteiger partial charge >= 0.3 is 5.97 Å². The van der Waals surface area contributed by atoms with Crippen molar-refractivity contribution in [2.45, 2.75) is 19.4 Å². The monoisotopic (exact) mass is 419 g/mol. The summed E-state index contributed by atoms with van der Waals surface area (Å²) in [4.78, 5) is 46.9. The van der Waals surface area contributed by atoms with E-state index in [1.54, 1.807) is 29.6 Å². The Kier molecular flexibility index (Phi) is 7.72. The fraction of sp³-hybridized carbons (Fsp3) is 0.263. The highest BCUT2D eigenvalue weighted by Gasteiger charge is 2.20. The Hall–Kier alpha value is -3.40. The Labute approximate surface area is 171 Å². The van der Waals surface area contributed by atoms with Crippen LogP contribution in [0.2, 0.25) is 0 Å². The molecule has 1 heterocycles. The number of methoxy groups -OCH3 is 1. The lowest BCUT2D eigenvalue weighted by atomic mass is 10.0. The maximum atomic E-state index is 12.2. The highest BCUT2D eigenvalue weighted by atomic mass is 32.1. The molecule has 0 unspecified atom stereocenters. The fourth-order valence-corrected chi connectivity index (χ4v) is 3.28. The van der Waals surface area contributed by atoms with Gasteiger partial charge in [0.25, 0.3) is 11.8 Å². The molecule has 1 atom stereocenters. The highest BCUT2D eigenvalue weighted by Crippen LogP contribution is 2.23. The third-order valence-electron chi connectivity index (χ3n) is 3.81. The minimum Gasteiger partial charge on any atom is -0.497 e. The number of primary amides is 1. The number of anilines is 1. The summed E-state index contributed by atoms with van der Waals surface area (Å²) in [6.07, 6.45) is -0.162. The standard InChI is InChI=1S/C19H21N3O6S/c1-11(23)21-15(12-3-5-13(27-2)6-4-12)9-17(25)28-10-16(24)22-19-14(18(20)26)7-8-29-19/h3-8,15H,9-10H2,1-2H3,(H2,20,26)(H,21,23)(H,22,24)/t15-/m1/s1. The number of nitrogens with two attached hydrogens (primary N) is 1. The van der Waals surface area contributed by atoms with Gasteiger partial charge in [0.1, 0.15) is 10.8 Å². The fourth-order valence-electron chi connectivity index (χ4n) is 2.47. The second-order valence-electron chi connectivity index (χ2n) is 5.97. The van der Waals surface area contributed by atoms with Crippen molar-refractivity contribution in [1.82, 2.24) is 5.32 Å². The minimum absolute atomic E-state index is 0.162. The van der Waals surface area contributed by atoms with Gasteiger partial charge in [-0.3, -0.25) is 19.2 Å². The van der Waals surface area contributed by atoms with Crippen molar-refractivity contribution in [3.63, 3.8) is 0 Å². The number of carbonyl (C=O) groups excluding carboxylic acids is 4. The first-order valence-electron chi connectivity index (χ1n) is 8.54. The van der Waals surface area contributed by atoms with Crippen LogP contribution in [0.15, 0.2) is 35.7 Å². The molecule has 1 aromatic heterocycles. The molecule has 0 saturated carbocycles. The number of carbonyl (C=O) groups is 4. The van der Waals surface area contributed by atoms with Gasteiger partial charge in [-0.15, -0.1) is 11.3 Å². The smallest absolute Gasteiger partial charge is 0.308 e. The molecule has 10 heteroatoms. The van der Waals surface area contributed by atoms with Crippen molar-refractivity contribution in [1.29, 1.82) is 0 Å². The van der Waals surface area contributed by atoms with Crippen molar-refractivity contribution in [2.24, 2.45) is 5.73 Å². The molecule has 4 N–H and O–H groups in total. The molecular weight excluding hydrogens is 398 g/mol. The van der Waals surface area contributed by atoms with Gasteiger partial charge in [0.15, 0.2) is 6.61 Å². The van der Waals surface area contributed by atoms with Crippen LogP contribution in [0.1, 0.15) is 35.3 Å². The summed E-state index contributed by atoms with van der Waals surface area (Å²) in [5.41, 5.74) is 6.08. The first-order chi connectivity index (χ1) is 13.8. The van der Waals surface area contributed by atoms with E-state index in [-0.39, 0.29) is 22.9 Å². The van der Waals surface area contributed by atoms with Crippen LogP contribution >= 0.6 is 11.3 Å². The molecular formula is C19H21N3O6S. The number of hydrogen-bond acceptors (Lipinski definition) is 7. The summed E-state index contributed by atoms with van der Waals surface area (Å²) in [6, 6.07) is 7.73. The maximum absolute atomic E-state index is 12.2. The van der Waals surface area contributed by atoms with E-state index >= 15 is 0 Å². The zero-order valence-electron chi connectivity index (χ0n) is 15.9. The van der Waals surface area contributed by atoms with E-state index in [0.717, 1.165) is 11.3 Å². The van der Waals surface area contributed by atoms with E-state index in [9.17, 15) is 19.2 Å². The zero-order valence-corrected chi connectivity index (χ0v) is 16.7. The van der Waals surface area contributed by atoms with Gasteiger partial charge in [-0.05, 0) is 29.1 Å². The molecule has 9 nitrogen and oxygen atoms in total. The number of thiophene rings is 1. The van der Waals surface area contributed by atoms with Crippen LogP contribution in [-0.4, -0.2) is 37.4 Å². The van der Waals surface area contributed by atoms with Crippen LogP contribution in [-0.2, 0) is 19.1 Å². The molecule has 154 valence electrons. The average Bonchev–Trinajstić information content (AvgIpc) is 3.14. The first-order valence-corrected chi connectivity index (χ1v) is 9.42. The van der Waals surface area contributed by atoms with Gasteiger partial charge in [-0.2, -0.15) is 0 Å². The number of hydrogen-bond donors (Lipinski definition) is 3. The third-order valence-corrected chi connectivity index (χ3v) is 4.64. The molecule has 0 saturated heterocycles. The Morgan fingerprint density at radius 2 is 1.83 bits per heavy atom. The number of esters is 1. The Balaban J connectivity index is 1.93. The summed E-state index contributed by atoms with van der Waals surface area (Å²) in [5.74, 6) is -1.62. The predicted molar refractivity (Wildman–Crippen MR) is 107 cm³/mol. The minimum atomic E-state index is -0.670. The van der Waals surface area contributed by atoms with Crippen LogP contribution in [0, 0.1) is 0 Å². The molecule has 0 aliphatic rings. The lowest BCUT2D eigenvalue weighted by Gasteiger charge is -2.18. The third kappa shape index (κ3) is 6.61. The number of benzene rings is 1. The Bertz CT molecular complexity index is 894. The summed E-state index contributed by atoms with van der Waals surface area (Å²) in [5, 5.41) is 7.04. The lowest BCUT2D eigenvalue weighted by Crippen LogP contribution is -2.29. The Morgan fingerprint density at radius 3 is 2.41 bits per heavy atom. The lowest BCUT2D eigenvalue weighted by molar-refractivity contribution is -0.148. The quantitative estimate of drug-likeness (QED) is 0.528. The van der Waals surface area contributed by atoms with Crippen LogP contribution in [0.25, 0.3) is 0 Å². The Morgan fingerprint density at radius 1 is 1.14 bits per heavy atom. The van der Waals surface area contributed by atoms with E-state index in [2.05, 4.69) is 10.6 Å². The number of nitrogens with one attached hydrogen (secondary N) is 2. The van der Waals surface area contributed by atoms with Crippen molar-refractivity contribution in [3.8, 4) is 5.75 Å².